The molecule has 0 aliphatic rings. The van der Waals surface area contributed by atoms with Crippen LogP contribution in [0.15, 0.2) is 24.3 Å². The largest absolute Gasteiger partial charge is 0.394 e. The summed E-state index contributed by atoms with van der Waals surface area (Å²) in [5, 5.41) is 8.88. The lowest BCUT2D eigenvalue weighted by molar-refractivity contribution is 0.268. The Hall–Kier alpha value is -1.06. The average molecular weight is 180 g/mol. The van der Waals surface area contributed by atoms with Crippen LogP contribution >= 0.6 is 0 Å². The topological polar surface area (TPSA) is 49.5 Å². The van der Waals surface area contributed by atoms with Crippen LogP contribution in [0.3, 0.4) is 0 Å². The van der Waals surface area contributed by atoms with E-state index >= 15 is 0 Å². The van der Waals surface area contributed by atoms with Gasteiger partial charge in [-0.25, -0.2) is 0 Å². The van der Waals surface area contributed by atoms with Gasteiger partial charge in [-0.15, -0.1) is 0 Å². The van der Waals surface area contributed by atoms with Crippen molar-refractivity contribution in [2.75, 3.05) is 25.6 Å². The van der Waals surface area contributed by atoms with E-state index in [1.807, 2.05) is 43.3 Å². The third kappa shape index (κ3) is 2.44. The lowest BCUT2D eigenvalue weighted by Gasteiger charge is -2.15. The molecule has 1 rings (SSSR count). The molecule has 0 spiro atoms. The number of aliphatic hydroxyl groups is 1. The smallest absolute Gasteiger partial charge is 0.0624 e. The third-order valence-corrected chi connectivity index (χ3v) is 2.01. The highest BCUT2D eigenvalue weighted by atomic mass is 16.3. The maximum Gasteiger partial charge on any atom is 0.0624 e. The minimum atomic E-state index is -0.278. The van der Waals surface area contributed by atoms with Gasteiger partial charge < -0.3 is 15.7 Å². The second kappa shape index (κ2) is 4.25. The Balaban J connectivity index is 2.91. The maximum atomic E-state index is 8.88. The summed E-state index contributed by atoms with van der Waals surface area (Å²) < 4.78 is 0. The zero-order chi connectivity index (χ0) is 9.84. The number of nitrogens with zero attached hydrogens (tertiary/aromatic N) is 1. The Morgan fingerprint density at radius 1 is 1.46 bits per heavy atom. The molecule has 0 saturated heterocycles. The fourth-order valence-electron chi connectivity index (χ4n) is 1.14. The molecule has 1 aromatic rings. The molecule has 72 valence electrons. The van der Waals surface area contributed by atoms with E-state index in [1.165, 1.54) is 0 Å². The van der Waals surface area contributed by atoms with Gasteiger partial charge in [0.2, 0.25) is 0 Å². The number of hydrogen-bond donors (Lipinski definition) is 2. The molecule has 3 N–H and O–H groups in total. The zero-order valence-corrected chi connectivity index (χ0v) is 8.07. The fraction of sp³-hybridized carbons (Fsp3) is 0.400. The van der Waals surface area contributed by atoms with Crippen LogP contribution in [0.1, 0.15) is 11.6 Å². The first kappa shape index (κ1) is 10.0. The van der Waals surface area contributed by atoms with Gasteiger partial charge in [0, 0.05) is 19.8 Å². The number of rotatable bonds is 3. The highest BCUT2D eigenvalue weighted by Gasteiger charge is 2.04. The molecule has 0 saturated carbocycles. The van der Waals surface area contributed by atoms with Crippen molar-refractivity contribution in [1.82, 2.24) is 0 Å². The maximum absolute atomic E-state index is 8.88. The van der Waals surface area contributed by atoms with Crippen molar-refractivity contribution in [2.45, 2.75) is 6.04 Å². The molecule has 1 atom stereocenters. The van der Waals surface area contributed by atoms with Crippen molar-refractivity contribution < 1.29 is 5.11 Å². The fourth-order valence-corrected chi connectivity index (χ4v) is 1.14. The lowest BCUT2D eigenvalue weighted by Crippen LogP contribution is -2.15. The molecule has 0 amide bonds. The van der Waals surface area contributed by atoms with Crippen molar-refractivity contribution in [3.63, 3.8) is 0 Å². The number of benzene rings is 1. The number of anilines is 1. The molecule has 1 unspecified atom stereocenters. The molecule has 0 aliphatic heterocycles. The Kier molecular flexibility index (Phi) is 3.28. The van der Waals surface area contributed by atoms with Gasteiger partial charge in [0.05, 0.1) is 12.6 Å². The van der Waals surface area contributed by atoms with E-state index in [0.29, 0.717) is 0 Å². The average Bonchev–Trinajstić information content (AvgIpc) is 2.17. The van der Waals surface area contributed by atoms with E-state index in [-0.39, 0.29) is 12.6 Å². The van der Waals surface area contributed by atoms with Gasteiger partial charge in [-0.05, 0) is 17.7 Å². The van der Waals surface area contributed by atoms with Gasteiger partial charge in [-0.3, -0.25) is 0 Å². The van der Waals surface area contributed by atoms with Gasteiger partial charge in [0.15, 0.2) is 0 Å². The van der Waals surface area contributed by atoms with E-state index < -0.39 is 0 Å². The van der Waals surface area contributed by atoms with Gasteiger partial charge in [0.1, 0.15) is 0 Å². The van der Waals surface area contributed by atoms with E-state index in [2.05, 4.69) is 0 Å². The van der Waals surface area contributed by atoms with Crippen molar-refractivity contribution in [3.05, 3.63) is 29.8 Å². The predicted molar refractivity (Wildman–Crippen MR) is 54.8 cm³/mol. The summed E-state index contributed by atoms with van der Waals surface area (Å²) in [5.41, 5.74) is 7.76. The second-order valence-electron chi connectivity index (χ2n) is 3.28. The number of nitrogens with two attached hydrogens (primary N) is 1. The van der Waals surface area contributed by atoms with Crippen molar-refractivity contribution in [3.8, 4) is 0 Å². The summed E-state index contributed by atoms with van der Waals surface area (Å²) in [6, 6.07) is 7.59. The Morgan fingerprint density at radius 3 is 2.69 bits per heavy atom. The summed E-state index contributed by atoms with van der Waals surface area (Å²) in [6.07, 6.45) is 0. The Morgan fingerprint density at radius 2 is 2.15 bits per heavy atom. The molecule has 13 heavy (non-hydrogen) atoms. The predicted octanol–water partition coefficient (Wildman–Crippen LogP) is 0.745. The van der Waals surface area contributed by atoms with Crippen LogP contribution in [0.2, 0.25) is 0 Å². The van der Waals surface area contributed by atoms with Crippen molar-refractivity contribution in [2.24, 2.45) is 5.73 Å². The van der Waals surface area contributed by atoms with E-state index in [9.17, 15) is 0 Å². The summed E-state index contributed by atoms with van der Waals surface area (Å²) in [5.74, 6) is 0. The third-order valence-electron chi connectivity index (χ3n) is 2.01. The summed E-state index contributed by atoms with van der Waals surface area (Å²) in [4.78, 5) is 2.01. The van der Waals surface area contributed by atoms with E-state index in [4.69, 9.17) is 10.8 Å². The highest BCUT2D eigenvalue weighted by molar-refractivity contribution is 5.47. The SMILES string of the molecule is CN(C)c1cccc(C(N)CO)c1. The molecule has 3 heteroatoms. The standard InChI is InChI=1S/C10H16N2O/c1-12(2)9-5-3-4-8(6-9)10(11)7-13/h3-6,10,13H,7,11H2,1-2H3. The molecule has 0 heterocycles. The molecule has 0 radical (unpaired) electrons. The second-order valence-corrected chi connectivity index (χ2v) is 3.28. The quantitative estimate of drug-likeness (QED) is 0.721. The highest BCUT2D eigenvalue weighted by Crippen LogP contribution is 2.17. The monoisotopic (exact) mass is 180 g/mol. The first-order valence-electron chi connectivity index (χ1n) is 4.29. The summed E-state index contributed by atoms with van der Waals surface area (Å²) >= 11 is 0. The molecular formula is C10H16N2O. The van der Waals surface area contributed by atoms with Crippen LogP contribution in [-0.2, 0) is 0 Å². The Bertz CT molecular complexity index is 273. The minimum absolute atomic E-state index is 0.0170. The van der Waals surface area contributed by atoms with Crippen molar-refractivity contribution in [1.29, 1.82) is 0 Å². The van der Waals surface area contributed by atoms with Crippen molar-refractivity contribution >= 4 is 5.69 Å². The van der Waals surface area contributed by atoms with Crippen LogP contribution in [0.4, 0.5) is 5.69 Å². The first-order valence-corrected chi connectivity index (χ1v) is 4.29. The summed E-state index contributed by atoms with van der Waals surface area (Å²) in [6.45, 7) is -0.0170. The normalized spacial score (nSPS) is 12.6. The molecule has 0 fully saturated rings. The summed E-state index contributed by atoms with van der Waals surface area (Å²) in [7, 11) is 3.95. The zero-order valence-electron chi connectivity index (χ0n) is 8.07. The van der Waals surface area contributed by atoms with Gasteiger partial charge in [-0.1, -0.05) is 12.1 Å². The van der Waals surface area contributed by atoms with Gasteiger partial charge >= 0.3 is 0 Å². The molecule has 0 aromatic heterocycles. The first-order chi connectivity index (χ1) is 6.15. The van der Waals surface area contributed by atoms with Crippen LogP contribution < -0.4 is 10.6 Å². The van der Waals surface area contributed by atoms with Gasteiger partial charge in [0.25, 0.3) is 0 Å². The minimum Gasteiger partial charge on any atom is -0.394 e. The van der Waals surface area contributed by atoms with Crippen LogP contribution in [0, 0.1) is 0 Å². The molecular weight excluding hydrogens is 164 g/mol. The number of hydrogen-bond acceptors (Lipinski definition) is 3. The molecule has 3 nitrogen and oxygen atoms in total. The molecule has 0 aliphatic carbocycles. The molecule has 0 bridgehead atoms. The van der Waals surface area contributed by atoms with Crippen LogP contribution in [0.5, 0.6) is 0 Å². The lowest BCUT2D eigenvalue weighted by atomic mass is 10.1. The van der Waals surface area contributed by atoms with Crippen LogP contribution in [-0.4, -0.2) is 25.8 Å². The van der Waals surface area contributed by atoms with Gasteiger partial charge in [-0.2, -0.15) is 0 Å². The van der Waals surface area contributed by atoms with E-state index in [0.717, 1.165) is 11.3 Å². The number of aliphatic hydroxyl groups excluding tert-OH is 1. The molecule has 1 aromatic carbocycles. The van der Waals surface area contributed by atoms with E-state index in [1.54, 1.807) is 0 Å². The van der Waals surface area contributed by atoms with Crippen LogP contribution in [0.25, 0.3) is 0 Å². The Labute approximate surface area is 78.8 Å².